The van der Waals surface area contributed by atoms with Crippen molar-refractivity contribution in [2.45, 2.75) is 30.6 Å². The predicted molar refractivity (Wildman–Crippen MR) is 42.8 cm³/mol. The number of ether oxygens (including phenoxy) is 1. The standard InChI is InChI=1S/C7H15NO5/c1-8-4-6(11)5(10)3(2-9)13-7(4)12/h3-12H,2H2,1H3/t3-,4-,5-,6-,7+/m0/s1. The first-order chi connectivity index (χ1) is 6.11. The normalized spacial score (nSPS) is 46.4. The Kier molecular flexibility index (Phi) is 3.60. The molecule has 1 rings (SSSR count). The maximum Gasteiger partial charge on any atom is 0.173 e. The summed E-state index contributed by atoms with van der Waals surface area (Å²) < 4.78 is 4.85. The van der Waals surface area contributed by atoms with Crippen LogP contribution in [0.25, 0.3) is 0 Å². The van der Waals surface area contributed by atoms with E-state index in [-0.39, 0.29) is 0 Å². The van der Waals surface area contributed by atoms with Crippen molar-refractivity contribution in [1.29, 1.82) is 0 Å². The maximum absolute atomic E-state index is 9.45. The van der Waals surface area contributed by atoms with Crippen molar-refractivity contribution >= 4 is 0 Å². The lowest BCUT2D eigenvalue weighted by Gasteiger charge is -2.39. The van der Waals surface area contributed by atoms with E-state index in [2.05, 4.69) is 5.32 Å². The van der Waals surface area contributed by atoms with Crippen LogP contribution in [0, 0.1) is 0 Å². The Morgan fingerprint density at radius 2 is 1.85 bits per heavy atom. The summed E-state index contributed by atoms with van der Waals surface area (Å²) in [6.45, 7) is -0.439. The third-order valence-electron chi connectivity index (χ3n) is 2.23. The first-order valence-corrected chi connectivity index (χ1v) is 4.09. The largest absolute Gasteiger partial charge is 0.394 e. The molecular formula is C7H15NO5. The van der Waals surface area contributed by atoms with Gasteiger partial charge in [0.25, 0.3) is 0 Å². The van der Waals surface area contributed by atoms with Gasteiger partial charge in [0.15, 0.2) is 6.29 Å². The van der Waals surface area contributed by atoms with Crippen LogP contribution in [0.5, 0.6) is 0 Å². The van der Waals surface area contributed by atoms with Gasteiger partial charge in [-0.2, -0.15) is 0 Å². The minimum Gasteiger partial charge on any atom is -0.394 e. The van der Waals surface area contributed by atoms with E-state index in [0.29, 0.717) is 0 Å². The zero-order valence-corrected chi connectivity index (χ0v) is 7.29. The molecule has 1 saturated heterocycles. The van der Waals surface area contributed by atoms with Crippen LogP contribution in [0.4, 0.5) is 0 Å². The Bertz CT molecular complexity index is 167. The highest BCUT2D eigenvalue weighted by Crippen LogP contribution is 2.18. The molecule has 0 aromatic rings. The molecule has 0 unspecified atom stereocenters. The zero-order chi connectivity index (χ0) is 10.0. The molecule has 0 radical (unpaired) electrons. The second kappa shape index (κ2) is 4.32. The third kappa shape index (κ3) is 1.98. The molecule has 0 amide bonds. The molecule has 0 aromatic heterocycles. The van der Waals surface area contributed by atoms with Gasteiger partial charge in [0, 0.05) is 0 Å². The lowest BCUT2D eigenvalue weighted by atomic mass is 9.97. The molecule has 6 heteroatoms. The average molecular weight is 193 g/mol. The van der Waals surface area contributed by atoms with E-state index in [4.69, 9.17) is 9.84 Å². The minimum atomic E-state index is -1.22. The van der Waals surface area contributed by atoms with Gasteiger partial charge < -0.3 is 30.5 Å². The molecule has 5 N–H and O–H groups in total. The summed E-state index contributed by atoms with van der Waals surface area (Å²) in [5, 5.41) is 39.4. The van der Waals surface area contributed by atoms with Crippen molar-refractivity contribution < 1.29 is 25.2 Å². The van der Waals surface area contributed by atoms with Crippen LogP contribution in [0.2, 0.25) is 0 Å². The Morgan fingerprint density at radius 3 is 2.31 bits per heavy atom. The quantitative estimate of drug-likeness (QED) is 0.320. The predicted octanol–water partition coefficient (Wildman–Crippen LogP) is -2.99. The minimum absolute atomic E-state index is 0.439. The molecule has 0 aliphatic carbocycles. The molecule has 1 heterocycles. The third-order valence-corrected chi connectivity index (χ3v) is 2.23. The van der Waals surface area contributed by atoms with Crippen LogP contribution in [0.1, 0.15) is 0 Å². The van der Waals surface area contributed by atoms with Crippen molar-refractivity contribution in [3.8, 4) is 0 Å². The first-order valence-electron chi connectivity index (χ1n) is 4.09. The van der Waals surface area contributed by atoms with Crippen LogP contribution in [-0.4, -0.2) is 64.7 Å². The van der Waals surface area contributed by atoms with Gasteiger partial charge in [-0.05, 0) is 7.05 Å². The van der Waals surface area contributed by atoms with E-state index >= 15 is 0 Å². The van der Waals surface area contributed by atoms with Crippen molar-refractivity contribution in [2.24, 2.45) is 0 Å². The molecule has 0 aromatic carbocycles. The number of likely N-dealkylation sites (N-methyl/N-ethyl adjacent to an activating group) is 1. The van der Waals surface area contributed by atoms with Gasteiger partial charge in [0.1, 0.15) is 18.3 Å². The van der Waals surface area contributed by atoms with Crippen molar-refractivity contribution in [2.75, 3.05) is 13.7 Å². The van der Waals surface area contributed by atoms with Crippen LogP contribution in [-0.2, 0) is 4.74 Å². The molecular weight excluding hydrogens is 178 g/mol. The topological polar surface area (TPSA) is 102 Å². The fourth-order valence-corrected chi connectivity index (χ4v) is 1.41. The van der Waals surface area contributed by atoms with Crippen LogP contribution in [0.15, 0.2) is 0 Å². The summed E-state index contributed by atoms with van der Waals surface area (Å²) in [6, 6.07) is -0.738. The SMILES string of the molecule is CN[C@H]1[C@H](O)[C@@H](O)[C@H](CO)O[C@H]1O. The number of aliphatic hydroxyl groups excluding tert-OH is 4. The second-order valence-corrected chi connectivity index (χ2v) is 3.04. The molecule has 0 spiro atoms. The smallest absolute Gasteiger partial charge is 0.173 e. The lowest BCUT2D eigenvalue weighted by molar-refractivity contribution is -0.253. The van der Waals surface area contributed by atoms with Gasteiger partial charge in [-0.1, -0.05) is 0 Å². The van der Waals surface area contributed by atoms with Gasteiger partial charge in [0.2, 0.25) is 0 Å². The van der Waals surface area contributed by atoms with E-state index in [9.17, 15) is 15.3 Å². The van der Waals surface area contributed by atoms with Crippen molar-refractivity contribution in [3.05, 3.63) is 0 Å². The number of nitrogens with one attached hydrogen (secondary N) is 1. The van der Waals surface area contributed by atoms with Crippen molar-refractivity contribution in [1.82, 2.24) is 5.32 Å². The summed E-state index contributed by atoms with van der Waals surface area (Å²) in [7, 11) is 1.53. The fraction of sp³-hybridized carbons (Fsp3) is 1.00. The molecule has 13 heavy (non-hydrogen) atoms. The molecule has 1 fully saturated rings. The van der Waals surface area contributed by atoms with E-state index in [0.717, 1.165) is 0 Å². The molecule has 6 nitrogen and oxygen atoms in total. The van der Waals surface area contributed by atoms with Gasteiger partial charge >= 0.3 is 0 Å². The van der Waals surface area contributed by atoms with Crippen LogP contribution in [0.3, 0.4) is 0 Å². The maximum atomic E-state index is 9.45. The lowest BCUT2D eigenvalue weighted by Crippen LogP contribution is -2.62. The summed E-state index contributed by atoms with van der Waals surface area (Å²) in [6.07, 6.45) is -4.49. The van der Waals surface area contributed by atoms with E-state index in [1.807, 2.05) is 0 Å². The summed E-state index contributed by atoms with van der Waals surface area (Å²) in [4.78, 5) is 0. The number of aliphatic hydroxyl groups is 4. The Balaban J connectivity index is 2.66. The Morgan fingerprint density at radius 1 is 1.23 bits per heavy atom. The first kappa shape index (κ1) is 10.8. The molecule has 1 aliphatic heterocycles. The van der Waals surface area contributed by atoms with E-state index < -0.39 is 37.3 Å². The summed E-state index contributed by atoms with van der Waals surface area (Å²) in [5.41, 5.74) is 0. The van der Waals surface area contributed by atoms with Gasteiger partial charge in [0.05, 0.1) is 12.6 Å². The van der Waals surface area contributed by atoms with Gasteiger partial charge in [-0.25, -0.2) is 0 Å². The highest BCUT2D eigenvalue weighted by atomic mass is 16.6. The summed E-state index contributed by atoms with van der Waals surface area (Å²) in [5.74, 6) is 0. The van der Waals surface area contributed by atoms with Crippen molar-refractivity contribution in [3.63, 3.8) is 0 Å². The van der Waals surface area contributed by atoms with Gasteiger partial charge in [-0.3, -0.25) is 0 Å². The van der Waals surface area contributed by atoms with Crippen LogP contribution >= 0.6 is 0 Å². The van der Waals surface area contributed by atoms with Gasteiger partial charge in [-0.15, -0.1) is 0 Å². The zero-order valence-electron chi connectivity index (χ0n) is 7.29. The molecule has 78 valence electrons. The van der Waals surface area contributed by atoms with E-state index in [1.54, 1.807) is 0 Å². The van der Waals surface area contributed by atoms with Crippen LogP contribution < -0.4 is 5.32 Å². The Labute approximate surface area is 75.8 Å². The average Bonchev–Trinajstić information content (AvgIpc) is 2.12. The number of hydrogen-bond donors (Lipinski definition) is 5. The molecule has 0 bridgehead atoms. The Hall–Kier alpha value is -0.240. The fourth-order valence-electron chi connectivity index (χ4n) is 1.41. The highest BCUT2D eigenvalue weighted by Gasteiger charge is 2.42. The monoisotopic (exact) mass is 193 g/mol. The molecule has 5 atom stereocenters. The number of hydrogen-bond acceptors (Lipinski definition) is 6. The highest BCUT2D eigenvalue weighted by molar-refractivity contribution is 4.91. The molecule has 0 saturated carbocycles. The summed E-state index contributed by atoms with van der Waals surface area (Å²) >= 11 is 0. The second-order valence-electron chi connectivity index (χ2n) is 3.04. The van der Waals surface area contributed by atoms with E-state index in [1.165, 1.54) is 7.05 Å². The number of rotatable bonds is 2. The molecule has 1 aliphatic rings.